The van der Waals surface area contributed by atoms with Crippen molar-refractivity contribution in [3.05, 3.63) is 66.0 Å². The molecule has 0 unspecified atom stereocenters. The second-order valence-corrected chi connectivity index (χ2v) is 9.41. The largest absolute Gasteiger partial charge is 0.479 e. The van der Waals surface area contributed by atoms with Crippen LogP contribution in [0.2, 0.25) is 5.02 Å². The third-order valence-electron chi connectivity index (χ3n) is 4.88. The Morgan fingerprint density at radius 1 is 1.31 bits per heavy atom. The lowest BCUT2D eigenvalue weighted by Crippen LogP contribution is -2.24. The van der Waals surface area contributed by atoms with Gasteiger partial charge in [0.15, 0.2) is 6.10 Å². The van der Waals surface area contributed by atoms with E-state index in [1.165, 1.54) is 17.8 Å². The Kier molecular flexibility index (Phi) is 7.74. The van der Waals surface area contributed by atoms with Crippen LogP contribution in [-0.4, -0.2) is 33.1 Å². The summed E-state index contributed by atoms with van der Waals surface area (Å²) in [6.45, 7) is 5.39. The number of rotatable bonds is 7. The highest BCUT2D eigenvalue weighted by atomic mass is 79.9. The lowest BCUT2D eigenvalue weighted by molar-refractivity contribution is -0.144. The molecule has 0 bridgehead atoms. The van der Waals surface area contributed by atoms with E-state index in [9.17, 15) is 14.7 Å². The number of carbonyl (C=O) groups is 1. The van der Waals surface area contributed by atoms with Crippen molar-refractivity contribution in [3.63, 3.8) is 0 Å². The Bertz CT molecular complexity index is 1280. The molecule has 0 aliphatic rings. The number of aliphatic carboxylic acids is 1. The van der Waals surface area contributed by atoms with Crippen molar-refractivity contribution in [1.82, 2.24) is 9.66 Å². The van der Waals surface area contributed by atoms with Crippen molar-refractivity contribution in [3.8, 4) is 5.75 Å². The molecule has 168 valence electrons. The summed E-state index contributed by atoms with van der Waals surface area (Å²) >= 11 is 12.9. The first kappa shape index (κ1) is 24.4. The Labute approximate surface area is 206 Å². The molecule has 0 fully saturated rings. The van der Waals surface area contributed by atoms with Crippen LogP contribution >= 0.6 is 43.5 Å². The number of halogens is 3. The van der Waals surface area contributed by atoms with E-state index in [1.807, 2.05) is 19.9 Å². The van der Waals surface area contributed by atoms with E-state index in [4.69, 9.17) is 16.3 Å². The van der Waals surface area contributed by atoms with Crippen LogP contribution in [0.3, 0.4) is 0 Å². The number of benzene rings is 2. The fourth-order valence-corrected chi connectivity index (χ4v) is 4.22. The van der Waals surface area contributed by atoms with E-state index >= 15 is 0 Å². The second kappa shape index (κ2) is 10.1. The number of fused-ring (bicyclic) bond motifs is 1. The summed E-state index contributed by atoms with van der Waals surface area (Å²) in [5.74, 6) is -0.371. The van der Waals surface area contributed by atoms with Crippen molar-refractivity contribution in [2.75, 3.05) is 0 Å². The van der Waals surface area contributed by atoms with Gasteiger partial charge in [0.2, 0.25) is 0 Å². The molecule has 10 heteroatoms. The number of carboxylic acids is 1. The summed E-state index contributed by atoms with van der Waals surface area (Å²) in [6, 6.07) is 8.50. The predicted molar refractivity (Wildman–Crippen MR) is 132 cm³/mol. The summed E-state index contributed by atoms with van der Waals surface area (Å²) in [4.78, 5) is 29.2. The molecule has 0 aliphatic heterocycles. The maximum Gasteiger partial charge on any atom is 0.344 e. The van der Waals surface area contributed by atoms with E-state index in [-0.39, 0.29) is 17.2 Å². The SMILES string of the molecule is CC[C@@H](C)c1nc2ccc(Br)cc2c(=O)n1N=Cc1cc(Cl)cc(Br)c1O[C@H](C)C(=O)O. The zero-order chi connectivity index (χ0) is 23.6. The van der Waals surface area contributed by atoms with Gasteiger partial charge in [0.25, 0.3) is 5.56 Å². The fourth-order valence-electron chi connectivity index (χ4n) is 2.93. The zero-order valence-corrected chi connectivity index (χ0v) is 21.4. The van der Waals surface area contributed by atoms with Crippen LogP contribution in [0, 0.1) is 0 Å². The first-order chi connectivity index (χ1) is 15.1. The van der Waals surface area contributed by atoms with Gasteiger partial charge >= 0.3 is 5.97 Å². The number of hydrogen-bond donors (Lipinski definition) is 1. The summed E-state index contributed by atoms with van der Waals surface area (Å²) in [6.07, 6.45) is 1.08. The molecule has 0 aliphatic carbocycles. The molecule has 2 aromatic carbocycles. The minimum atomic E-state index is -1.12. The molecule has 0 saturated heterocycles. The molecule has 3 aromatic rings. The molecular weight excluding hydrogens is 566 g/mol. The van der Waals surface area contributed by atoms with Crippen molar-refractivity contribution in [1.29, 1.82) is 0 Å². The zero-order valence-electron chi connectivity index (χ0n) is 17.5. The number of hydrogen-bond acceptors (Lipinski definition) is 5. The van der Waals surface area contributed by atoms with Gasteiger partial charge in [-0.3, -0.25) is 4.79 Å². The van der Waals surface area contributed by atoms with Crippen LogP contribution < -0.4 is 10.3 Å². The standard InChI is InChI=1S/C22H20Br2ClN3O4/c1-4-11(2)20-27-18-6-5-14(23)8-16(18)21(29)28(20)26-10-13-7-15(25)9-17(24)19(13)32-12(3)22(30)31/h5-12H,4H2,1-3H3,(H,30,31)/t11-,12-/m1/s1. The molecule has 7 nitrogen and oxygen atoms in total. The first-order valence-corrected chi connectivity index (χ1v) is 11.7. The Morgan fingerprint density at radius 3 is 2.69 bits per heavy atom. The first-order valence-electron chi connectivity index (χ1n) is 9.77. The highest BCUT2D eigenvalue weighted by molar-refractivity contribution is 9.10. The van der Waals surface area contributed by atoms with Gasteiger partial charge in [0.1, 0.15) is 11.6 Å². The van der Waals surface area contributed by atoms with Gasteiger partial charge < -0.3 is 9.84 Å². The van der Waals surface area contributed by atoms with Gasteiger partial charge in [-0.05, 0) is 59.6 Å². The molecule has 32 heavy (non-hydrogen) atoms. The lowest BCUT2D eigenvalue weighted by Gasteiger charge is -2.16. The molecule has 0 radical (unpaired) electrons. The predicted octanol–water partition coefficient (Wildman–Crippen LogP) is 5.82. The Hall–Kier alpha value is -2.23. The van der Waals surface area contributed by atoms with Crippen molar-refractivity contribution in [2.45, 2.75) is 39.2 Å². The van der Waals surface area contributed by atoms with Crippen molar-refractivity contribution in [2.24, 2.45) is 5.10 Å². The number of aromatic nitrogens is 2. The quantitative estimate of drug-likeness (QED) is 0.353. The molecule has 0 spiro atoms. The molecule has 0 saturated carbocycles. The molecular formula is C22H20Br2ClN3O4. The minimum Gasteiger partial charge on any atom is -0.479 e. The second-order valence-electron chi connectivity index (χ2n) is 7.21. The number of nitrogens with zero attached hydrogens (tertiary/aromatic N) is 3. The average Bonchev–Trinajstić information content (AvgIpc) is 2.74. The summed E-state index contributed by atoms with van der Waals surface area (Å²) in [5.41, 5.74) is 0.684. The van der Waals surface area contributed by atoms with Crippen LogP contribution in [0.25, 0.3) is 10.9 Å². The van der Waals surface area contributed by atoms with E-state index in [0.29, 0.717) is 31.8 Å². The Morgan fingerprint density at radius 2 is 2.03 bits per heavy atom. The Balaban J connectivity index is 2.19. The van der Waals surface area contributed by atoms with Crippen LogP contribution in [0.4, 0.5) is 0 Å². The molecule has 1 N–H and O–H groups in total. The van der Waals surface area contributed by atoms with Crippen LogP contribution in [-0.2, 0) is 4.79 Å². The monoisotopic (exact) mass is 583 g/mol. The van der Waals surface area contributed by atoms with E-state index in [1.54, 1.807) is 24.3 Å². The van der Waals surface area contributed by atoms with Gasteiger partial charge in [0.05, 0.1) is 21.6 Å². The van der Waals surface area contributed by atoms with Crippen LogP contribution in [0.15, 0.2) is 49.2 Å². The summed E-state index contributed by atoms with van der Waals surface area (Å²) in [5, 5.41) is 14.4. The summed E-state index contributed by atoms with van der Waals surface area (Å²) in [7, 11) is 0. The lowest BCUT2D eigenvalue weighted by atomic mass is 10.1. The smallest absolute Gasteiger partial charge is 0.344 e. The topological polar surface area (TPSA) is 93.8 Å². The van der Waals surface area contributed by atoms with Crippen LogP contribution in [0.5, 0.6) is 5.75 Å². The van der Waals surface area contributed by atoms with Crippen LogP contribution in [0.1, 0.15) is 44.5 Å². The summed E-state index contributed by atoms with van der Waals surface area (Å²) < 4.78 is 8.08. The normalized spacial score (nSPS) is 13.4. The fraction of sp³-hybridized carbons (Fsp3) is 0.273. The number of carboxylic acid groups (broad SMARTS) is 1. The maximum atomic E-state index is 13.3. The maximum absolute atomic E-state index is 13.3. The van der Waals surface area contributed by atoms with Gasteiger partial charge in [-0.25, -0.2) is 9.78 Å². The molecule has 3 rings (SSSR count). The average molecular weight is 586 g/mol. The van der Waals surface area contributed by atoms with E-state index in [0.717, 1.165) is 10.9 Å². The van der Waals surface area contributed by atoms with E-state index < -0.39 is 12.1 Å². The minimum absolute atomic E-state index is 0.0262. The van der Waals surface area contributed by atoms with Crippen molar-refractivity contribution < 1.29 is 14.6 Å². The number of ether oxygens (including phenoxy) is 1. The third-order valence-corrected chi connectivity index (χ3v) is 6.18. The highest BCUT2D eigenvalue weighted by Gasteiger charge is 2.19. The van der Waals surface area contributed by atoms with Gasteiger partial charge in [-0.1, -0.05) is 41.4 Å². The van der Waals surface area contributed by atoms with Gasteiger partial charge in [-0.15, -0.1) is 0 Å². The molecule has 1 heterocycles. The molecule has 2 atom stereocenters. The van der Waals surface area contributed by atoms with E-state index in [2.05, 4.69) is 41.9 Å². The van der Waals surface area contributed by atoms with Crippen molar-refractivity contribution >= 4 is 66.5 Å². The molecule has 1 aromatic heterocycles. The highest BCUT2D eigenvalue weighted by Crippen LogP contribution is 2.33. The van der Waals surface area contributed by atoms with Gasteiger partial charge in [-0.2, -0.15) is 9.78 Å². The van der Waals surface area contributed by atoms with Gasteiger partial charge in [0, 0.05) is 21.0 Å². The molecule has 0 amide bonds. The third kappa shape index (κ3) is 5.22.